The molecule has 0 amide bonds. The Morgan fingerprint density at radius 2 is 1.90 bits per heavy atom. The van der Waals surface area contributed by atoms with Crippen molar-refractivity contribution in [2.75, 3.05) is 32.1 Å². The average molecular weight is 394 g/mol. The molecular weight excluding hydrogens is 365 g/mol. The van der Waals surface area contributed by atoms with Gasteiger partial charge in [-0.2, -0.15) is 0 Å². The van der Waals surface area contributed by atoms with Crippen LogP contribution in [-0.2, 0) is 23.4 Å². The van der Waals surface area contributed by atoms with Crippen molar-refractivity contribution in [3.8, 4) is 0 Å². The lowest BCUT2D eigenvalue weighted by Gasteiger charge is -2.38. The SMILES string of the molecule is CNc1cc(COCC2(c3ccccc3)CCNCC2)nc2cccc(CF)c12. The van der Waals surface area contributed by atoms with Gasteiger partial charge < -0.3 is 15.4 Å². The van der Waals surface area contributed by atoms with Crippen molar-refractivity contribution in [2.45, 2.75) is 31.5 Å². The molecule has 2 N–H and O–H groups in total. The molecule has 29 heavy (non-hydrogen) atoms. The number of hydrogen-bond donors (Lipinski definition) is 2. The third kappa shape index (κ3) is 4.11. The minimum atomic E-state index is -0.503. The van der Waals surface area contributed by atoms with Crippen LogP contribution in [0.25, 0.3) is 10.9 Å². The number of alkyl halides is 1. The fraction of sp³-hybridized carbons (Fsp3) is 0.375. The third-order valence-electron chi connectivity index (χ3n) is 5.96. The highest BCUT2D eigenvalue weighted by atomic mass is 19.1. The quantitative estimate of drug-likeness (QED) is 0.617. The maximum atomic E-state index is 13.4. The van der Waals surface area contributed by atoms with Gasteiger partial charge in [-0.3, -0.25) is 4.98 Å². The van der Waals surface area contributed by atoms with Crippen LogP contribution in [0.15, 0.2) is 54.6 Å². The molecule has 2 heterocycles. The van der Waals surface area contributed by atoms with E-state index < -0.39 is 6.67 Å². The Morgan fingerprint density at radius 3 is 2.62 bits per heavy atom. The molecule has 4 rings (SSSR count). The van der Waals surface area contributed by atoms with E-state index in [1.165, 1.54) is 5.56 Å². The molecule has 0 radical (unpaired) electrons. The number of ether oxygens (including phenoxy) is 1. The van der Waals surface area contributed by atoms with E-state index in [-0.39, 0.29) is 5.41 Å². The Hall–Kier alpha value is -2.50. The highest BCUT2D eigenvalue weighted by Gasteiger charge is 2.34. The van der Waals surface area contributed by atoms with Crippen molar-refractivity contribution < 1.29 is 9.13 Å². The van der Waals surface area contributed by atoms with Crippen molar-refractivity contribution in [2.24, 2.45) is 0 Å². The minimum Gasteiger partial charge on any atom is -0.388 e. The molecule has 0 unspecified atom stereocenters. The first-order valence-corrected chi connectivity index (χ1v) is 10.2. The van der Waals surface area contributed by atoms with Crippen molar-refractivity contribution in [1.29, 1.82) is 0 Å². The van der Waals surface area contributed by atoms with Gasteiger partial charge in [-0.05, 0) is 49.2 Å². The summed E-state index contributed by atoms with van der Waals surface area (Å²) in [6.07, 6.45) is 2.12. The number of pyridine rings is 1. The van der Waals surface area contributed by atoms with Gasteiger partial charge in [0.05, 0.1) is 24.4 Å². The number of hydrogen-bond acceptors (Lipinski definition) is 4. The predicted octanol–water partition coefficient (Wildman–Crippen LogP) is 4.58. The van der Waals surface area contributed by atoms with Gasteiger partial charge in [0.25, 0.3) is 0 Å². The Balaban J connectivity index is 1.54. The maximum absolute atomic E-state index is 13.4. The van der Waals surface area contributed by atoms with E-state index in [0.717, 1.165) is 48.2 Å². The Kier molecular flexibility index (Phi) is 6.07. The number of nitrogens with zero attached hydrogens (tertiary/aromatic N) is 1. The highest BCUT2D eigenvalue weighted by molar-refractivity contribution is 5.94. The first-order chi connectivity index (χ1) is 14.3. The number of rotatable bonds is 7. The van der Waals surface area contributed by atoms with Crippen LogP contribution < -0.4 is 10.6 Å². The molecule has 0 bridgehead atoms. The summed E-state index contributed by atoms with van der Waals surface area (Å²) in [5, 5.41) is 7.49. The summed E-state index contributed by atoms with van der Waals surface area (Å²) in [7, 11) is 1.86. The van der Waals surface area contributed by atoms with E-state index in [1.54, 1.807) is 0 Å². The summed E-state index contributed by atoms with van der Waals surface area (Å²) in [4.78, 5) is 4.73. The molecule has 0 atom stereocenters. The van der Waals surface area contributed by atoms with Crippen molar-refractivity contribution in [1.82, 2.24) is 10.3 Å². The van der Waals surface area contributed by atoms with Crippen LogP contribution in [0.3, 0.4) is 0 Å². The second kappa shape index (κ2) is 8.89. The third-order valence-corrected chi connectivity index (χ3v) is 5.96. The highest BCUT2D eigenvalue weighted by Crippen LogP contribution is 2.34. The van der Waals surface area contributed by atoms with Crippen LogP contribution in [-0.4, -0.2) is 31.7 Å². The fourth-order valence-electron chi connectivity index (χ4n) is 4.36. The van der Waals surface area contributed by atoms with Crippen LogP contribution in [0.4, 0.5) is 10.1 Å². The number of aromatic nitrogens is 1. The van der Waals surface area contributed by atoms with Crippen LogP contribution in [0.5, 0.6) is 0 Å². The summed E-state index contributed by atoms with van der Waals surface area (Å²) >= 11 is 0. The number of nitrogens with one attached hydrogen (secondary N) is 2. The van der Waals surface area contributed by atoms with E-state index in [1.807, 2.05) is 31.3 Å². The van der Waals surface area contributed by atoms with Gasteiger partial charge >= 0.3 is 0 Å². The van der Waals surface area contributed by atoms with E-state index in [9.17, 15) is 4.39 Å². The molecule has 1 saturated heterocycles. The van der Waals surface area contributed by atoms with Crippen LogP contribution in [0, 0.1) is 0 Å². The zero-order valence-corrected chi connectivity index (χ0v) is 16.9. The zero-order chi connectivity index (χ0) is 20.1. The van der Waals surface area contributed by atoms with E-state index >= 15 is 0 Å². The predicted molar refractivity (Wildman–Crippen MR) is 116 cm³/mol. The summed E-state index contributed by atoms with van der Waals surface area (Å²) < 4.78 is 19.6. The monoisotopic (exact) mass is 393 g/mol. The Labute approximate surface area is 171 Å². The molecule has 1 aliphatic rings. The molecule has 1 fully saturated rings. The lowest BCUT2D eigenvalue weighted by atomic mass is 9.74. The number of benzene rings is 2. The summed E-state index contributed by atoms with van der Waals surface area (Å²) in [5.41, 5.74) is 4.58. The normalized spacial score (nSPS) is 16.1. The molecule has 0 saturated carbocycles. The largest absolute Gasteiger partial charge is 0.388 e. The molecule has 2 aromatic carbocycles. The van der Waals surface area contributed by atoms with Gasteiger partial charge in [-0.1, -0.05) is 42.5 Å². The van der Waals surface area contributed by atoms with Gasteiger partial charge in [0.15, 0.2) is 0 Å². The van der Waals surface area contributed by atoms with E-state index in [4.69, 9.17) is 9.72 Å². The van der Waals surface area contributed by atoms with E-state index in [0.29, 0.717) is 18.8 Å². The average Bonchev–Trinajstić information content (AvgIpc) is 2.79. The van der Waals surface area contributed by atoms with Crippen molar-refractivity contribution >= 4 is 16.6 Å². The molecule has 152 valence electrons. The van der Waals surface area contributed by atoms with Gasteiger partial charge in [0, 0.05) is 23.5 Å². The Morgan fingerprint density at radius 1 is 1.10 bits per heavy atom. The maximum Gasteiger partial charge on any atom is 0.115 e. The zero-order valence-electron chi connectivity index (χ0n) is 16.9. The first kappa shape index (κ1) is 19.8. The molecule has 4 nitrogen and oxygen atoms in total. The second-order valence-corrected chi connectivity index (χ2v) is 7.75. The number of anilines is 1. The smallest absolute Gasteiger partial charge is 0.115 e. The fourth-order valence-corrected chi connectivity index (χ4v) is 4.36. The van der Waals surface area contributed by atoms with Gasteiger partial charge in [0.2, 0.25) is 0 Å². The first-order valence-electron chi connectivity index (χ1n) is 10.2. The summed E-state index contributed by atoms with van der Waals surface area (Å²) in [5.74, 6) is 0. The number of piperidine rings is 1. The lowest BCUT2D eigenvalue weighted by molar-refractivity contribution is 0.0550. The minimum absolute atomic E-state index is 0.0383. The standard InChI is InChI=1S/C24H28FN3O/c1-26-22-14-20(28-21-9-5-6-18(15-25)23(21)22)16-29-17-24(10-12-27-13-11-24)19-7-3-2-4-8-19/h2-9,14,27H,10-13,15-17H2,1H3,(H,26,28). The molecular formula is C24H28FN3O. The Bertz CT molecular complexity index is 955. The molecule has 0 spiro atoms. The van der Waals surface area contributed by atoms with Crippen molar-refractivity contribution in [3.05, 3.63) is 71.4 Å². The van der Waals surface area contributed by atoms with Gasteiger partial charge in [0.1, 0.15) is 6.67 Å². The topological polar surface area (TPSA) is 46.2 Å². The van der Waals surface area contributed by atoms with Crippen LogP contribution in [0.1, 0.15) is 29.7 Å². The molecule has 5 heteroatoms. The molecule has 1 aromatic heterocycles. The summed E-state index contributed by atoms with van der Waals surface area (Å²) in [6.45, 7) is 2.60. The molecule has 1 aliphatic heterocycles. The molecule has 0 aliphatic carbocycles. The molecule has 3 aromatic rings. The second-order valence-electron chi connectivity index (χ2n) is 7.75. The number of halogens is 1. The van der Waals surface area contributed by atoms with E-state index in [2.05, 4.69) is 41.0 Å². The van der Waals surface area contributed by atoms with Crippen LogP contribution >= 0.6 is 0 Å². The lowest BCUT2D eigenvalue weighted by Crippen LogP contribution is -2.43. The van der Waals surface area contributed by atoms with Crippen LogP contribution in [0.2, 0.25) is 0 Å². The number of fused-ring (bicyclic) bond motifs is 1. The van der Waals surface area contributed by atoms with Gasteiger partial charge in [-0.25, -0.2) is 4.39 Å². The van der Waals surface area contributed by atoms with Gasteiger partial charge in [-0.15, -0.1) is 0 Å². The van der Waals surface area contributed by atoms with Crippen molar-refractivity contribution in [3.63, 3.8) is 0 Å². The summed E-state index contributed by atoms with van der Waals surface area (Å²) in [6, 6.07) is 18.2.